The van der Waals surface area contributed by atoms with E-state index in [1.807, 2.05) is 6.26 Å². The number of carboxylic acid groups (broad SMARTS) is 1. The summed E-state index contributed by atoms with van der Waals surface area (Å²) in [6.45, 7) is 0. The van der Waals surface area contributed by atoms with Crippen LogP contribution in [0.3, 0.4) is 0 Å². The lowest BCUT2D eigenvalue weighted by atomic mass is 10.1. The number of hydrogen-bond acceptors (Lipinski definition) is 6. The molecule has 0 aromatic rings. The second kappa shape index (κ2) is 8.76. The summed E-state index contributed by atoms with van der Waals surface area (Å²) in [6, 6.07) is -1.97. The maximum atomic E-state index is 11.6. The van der Waals surface area contributed by atoms with Gasteiger partial charge < -0.3 is 20.9 Å². The molecular weight excluding hydrogens is 260 g/mol. The third kappa shape index (κ3) is 6.45. The zero-order chi connectivity index (χ0) is 14.1. The summed E-state index contributed by atoms with van der Waals surface area (Å²) in [5, 5.41) is 10.9. The van der Waals surface area contributed by atoms with E-state index in [-0.39, 0.29) is 0 Å². The molecule has 0 aliphatic rings. The maximum absolute atomic E-state index is 11.6. The molecule has 0 aromatic heterocycles. The van der Waals surface area contributed by atoms with E-state index in [4.69, 9.17) is 10.8 Å². The van der Waals surface area contributed by atoms with Crippen LogP contribution < -0.4 is 11.1 Å². The van der Waals surface area contributed by atoms with Gasteiger partial charge in [0.05, 0.1) is 19.6 Å². The summed E-state index contributed by atoms with van der Waals surface area (Å²) in [4.78, 5) is 33.4. The SMILES string of the molecule is COC(=O)[C@H](CCSC)NC(=O)[C@@H](N)CC(=O)O. The Bertz CT molecular complexity index is 311. The fraction of sp³-hybridized carbons (Fsp3) is 0.700. The number of nitrogens with two attached hydrogens (primary N) is 1. The van der Waals surface area contributed by atoms with Crippen LogP contribution >= 0.6 is 11.8 Å². The lowest BCUT2D eigenvalue weighted by molar-refractivity contribution is -0.145. The number of thioether (sulfide) groups is 1. The van der Waals surface area contributed by atoms with Gasteiger partial charge >= 0.3 is 11.9 Å². The fourth-order valence-corrected chi connectivity index (χ4v) is 1.66. The number of rotatable bonds is 8. The second-order valence-corrected chi connectivity index (χ2v) is 4.56. The van der Waals surface area contributed by atoms with Gasteiger partial charge in [-0.1, -0.05) is 0 Å². The Morgan fingerprint density at radius 1 is 1.44 bits per heavy atom. The van der Waals surface area contributed by atoms with Gasteiger partial charge in [0.1, 0.15) is 6.04 Å². The lowest BCUT2D eigenvalue weighted by Crippen LogP contribution is -2.49. The van der Waals surface area contributed by atoms with Gasteiger partial charge in [0, 0.05) is 0 Å². The summed E-state index contributed by atoms with van der Waals surface area (Å²) in [6.07, 6.45) is 1.79. The van der Waals surface area contributed by atoms with Crippen LogP contribution in [0.15, 0.2) is 0 Å². The molecule has 0 aliphatic heterocycles. The van der Waals surface area contributed by atoms with Gasteiger partial charge in [-0.15, -0.1) is 0 Å². The molecule has 0 aromatic carbocycles. The first kappa shape index (κ1) is 16.7. The van der Waals surface area contributed by atoms with Crippen LogP contribution in [-0.4, -0.2) is 54.2 Å². The van der Waals surface area contributed by atoms with E-state index in [1.54, 1.807) is 0 Å². The van der Waals surface area contributed by atoms with Crippen molar-refractivity contribution in [3.8, 4) is 0 Å². The average Bonchev–Trinajstić information content (AvgIpc) is 2.32. The highest BCUT2D eigenvalue weighted by atomic mass is 32.2. The van der Waals surface area contributed by atoms with E-state index in [2.05, 4.69) is 10.1 Å². The zero-order valence-corrected chi connectivity index (χ0v) is 11.2. The van der Waals surface area contributed by atoms with E-state index < -0.39 is 36.4 Å². The molecule has 0 saturated carbocycles. The fourth-order valence-electron chi connectivity index (χ4n) is 1.19. The van der Waals surface area contributed by atoms with Crippen LogP contribution in [-0.2, 0) is 19.1 Å². The van der Waals surface area contributed by atoms with E-state index in [1.165, 1.54) is 18.9 Å². The van der Waals surface area contributed by atoms with Crippen molar-refractivity contribution in [3.05, 3.63) is 0 Å². The Morgan fingerprint density at radius 2 is 2.06 bits per heavy atom. The Hall–Kier alpha value is -1.28. The van der Waals surface area contributed by atoms with Crippen molar-refractivity contribution in [2.45, 2.75) is 24.9 Å². The van der Waals surface area contributed by atoms with Crippen LogP contribution in [0.5, 0.6) is 0 Å². The topological polar surface area (TPSA) is 119 Å². The minimum absolute atomic E-state index is 0.402. The van der Waals surface area contributed by atoms with E-state index >= 15 is 0 Å². The minimum Gasteiger partial charge on any atom is -0.481 e. The van der Waals surface area contributed by atoms with Gasteiger partial charge in [0.15, 0.2) is 0 Å². The number of aliphatic carboxylic acids is 1. The predicted octanol–water partition coefficient (Wildman–Crippen LogP) is -0.801. The number of methoxy groups -OCH3 is 1. The highest BCUT2D eigenvalue weighted by Gasteiger charge is 2.25. The molecule has 104 valence electrons. The Labute approximate surface area is 109 Å². The molecule has 0 radical (unpaired) electrons. The van der Waals surface area contributed by atoms with Crippen LogP contribution in [0.2, 0.25) is 0 Å². The van der Waals surface area contributed by atoms with Crippen molar-refractivity contribution in [2.24, 2.45) is 5.73 Å². The summed E-state index contributed by atoms with van der Waals surface area (Å²) in [5.41, 5.74) is 5.39. The average molecular weight is 278 g/mol. The molecule has 0 unspecified atom stereocenters. The molecule has 4 N–H and O–H groups in total. The third-order valence-corrected chi connectivity index (χ3v) is 2.79. The number of nitrogens with one attached hydrogen (secondary N) is 1. The van der Waals surface area contributed by atoms with E-state index in [0.29, 0.717) is 12.2 Å². The predicted molar refractivity (Wildman–Crippen MR) is 67.2 cm³/mol. The molecule has 0 saturated heterocycles. The number of esters is 1. The molecule has 0 spiro atoms. The first-order chi connectivity index (χ1) is 8.42. The molecule has 1 amide bonds. The summed E-state index contributed by atoms with van der Waals surface area (Å²) in [5.74, 6) is -1.75. The van der Waals surface area contributed by atoms with E-state index in [9.17, 15) is 14.4 Å². The smallest absolute Gasteiger partial charge is 0.328 e. The molecule has 0 bridgehead atoms. The van der Waals surface area contributed by atoms with Crippen molar-refractivity contribution in [1.29, 1.82) is 0 Å². The van der Waals surface area contributed by atoms with Crippen LogP contribution in [0.1, 0.15) is 12.8 Å². The van der Waals surface area contributed by atoms with Crippen LogP contribution in [0.25, 0.3) is 0 Å². The quantitative estimate of drug-likeness (QED) is 0.497. The Balaban J connectivity index is 4.42. The molecule has 0 rings (SSSR count). The largest absolute Gasteiger partial charge is 0.481 e. The normalized spacial score (nSPS) is 13.5. The van der Waals surface area contributed by atoms with E-state index in [0.717, 1.165) is 0 Å². The van der Waals surface area contributed by atoms with Gasteiger partial charge in [0.2, 0.25) is 5.91 Å². The van der Waals surface area contributed by atoms with Gasteiger partial charge in [-0.05, 0) is 18.4 Å². The maximum Gasteiger partial charge on any atom is 0.328 e. The standard InChI is InChI=1S/C10H18N2O5S/c1-17-10(16)7(3-4-18-2)12-9(15)6(11)5-8(13)14/h6-7H,3-5,11H2,1-2H3,(H,12,15)(H,13,14)/t6-,7-/m0/s1. The lowest BCUT2D eigenvalue weighted by Gasteiger charge is -2.18. The molecule has 7 nitrogen and oxygen atoms in total. The van der Waals surface area contributed by atoms with Crippen molar-refractivity contribution in [1.82, 2.24) is 5.32 Å². The van der Waals surface area contributed by atoms with Crippen LogP contribution in [0, 0.1) is 0 Å². The highest BCUT2D eigenvalue weighted by Crippen LogP contribution is 2.03. The molecule has 18 heavy (non-hydrogen) atoms. The Kier molecular flexibility index (Phi) is 8.14. The molecule has 2 atom stereocenters. The second-order valence-electron chi connectivity index (χ2n) is 3.57. The van der Waals surface area contributed by atoms with Crippen LogP contribution in [0.4, 0.5) is 0 Å². The van der Waals surface area contributed by atoms with Crippen molar-refractivity contribution >= 4 is 29.6 Å². The zero-order valence-electron chi connectivity index (χ0n) is 10.3. The van der Waals surface area contributed by atoms with Gasteiger partial charge in [-0.3, -0.25) is 9.59 Å². The summed E-state index contributed by atoms with van der Waals surface area (Å²) >= 11 is 1.52. The van der Waals surface area contributed by atoms with Crippen molar-refractivity contribution < 1.29 is 24.2 Å². The Morgan fingerprint density at radius 3 is 2.50 bits per heavy atom. The number of hydrogen-bond donors (Lipinski definition) is 3. The number of amides is 1. The first-order valence-electron chi connectivity index (χ1n) is 5.26. The highest BCUT2D eigenvalue weighted by molar-refractivity contribution is 7.98. The molecule has 0 fully saturated rings. The summed E-state index contributed by atoms with van der Waals surface area (Å²) in [7, 11) is 1.22. The van der Waals surface area contributed by atoms with Gasteiger partial charge in [0.25, 0.3) is 0 Å². The van der Waals surface area contributed by atoms with Gasteiger partial charge in [-0.25, -0.2) is 4.79 Å². The molecule has 0 aliphatic carbocycles. The number of ether oxygens (including phenoxy) is 1. The summed E-state index contributed by atoms with van der Waals surface area (Å²) < 4.78 is 4.55. The molecular formula is C10H18N2O5S. The van der Waals surface area contributed by atoms with Crippen molar-refractivity contribution in [2.75, 3.05) is 19.1 Å². The number of carbonyl (C=O) groups is 3. The third-order valence-electron chi connectivity index (χ3n) is 2.14. The number of carboxylic acids is 1. The monoisotopic (exact) mass is 278 g/mol. The number of carbonyl (C=O) groups excluding carboxylic acids is 2. The first-order valence-corrected chi connectivity index (χ1v) is 6.66. The minimum atomic E-state index is -1.18. The molecule has 8 heteroatoms. The molecule has 0 heterocycles. The van der Waals surface area contributed by atoms with Gasteiger partial charge in [-0.2, -0.15) is 11.8 Å². The van der Waals surface area contributed by atoms with Crippen molar-refractivity contribution in [3.63, 3.8) is 0 Å².